The van der Waals surface area contributed by atoms with Crippen molar-refractivity contribution in [2.45, 2.75) is 51.1 Å². The van der Waals surface area contributed by atoms with Crippen molar-refractivity contribution in [2.75, 3.05) is 17.2 Å². The number of anilines is 3. The van der Waals surface area contributed by atoms with Gasteiger partial charge in [-0.2, -0.15) is 0 Å². The number of fused-ring (bicyclic) bond motifs is 1. The van der Waals surface area contributed by atoms with Crippen molar-refractivity contribution in [3.63, 3.8) is 0 Å². The molecule has 0 aliphatic heterocycles. The summed E-state index contributed by atoms with van der Waals surface area (Å²) in [4.78, 5) is 25.1. The van der Waals surface area contributed by atoms with E-state index < -0.39 is 11.7 Å². The molecule has 0 bridgehead atoms. The van der Waals surface area contributed by atoms with Crippen molar-refractivity contribution in [3.05, 3.63) is 41.8 Å². The molecule has 174 valence electrons. The first-order valence-electron chi connectivity index (χ1n) is 11.1. The van der Waals surface area contributed by atoms with Crippen LogP contribution in [0, 0.1) is 5.82 Å². The number of hydrogen-bond acceptors (Lipinski definition) is 8. The number of pyridine rings is 1. The fourth-order valence-electron chi connectivity index (χ4n) is 3.87. The van der Waals surface area contributed by atoms with Crippen LogP contribution in [0.3, 0.4) is 0 Å². The first-order valence-corrected chi connectivity index (χ1v) is 11.1. The average molecular weight is 454 g/mol. The summed E-state index contributed by atoms with van der Waals surface area (Å²) < 4.78 is 20.2. The predicted octanol–water partition coefficient (Wildman–Crippen LogP) is 3.48. The van der Waals surface area contributed by atoms with Crippen LogP contribution in [0.4, 0.5) is 21.7 Å². The number of primary amides is 1. The van der Waals surface area contributed by atoms with E-state index >= 15 is 0 Å². The Kier molecular flexibility index (Phi) is 6.83. The van der Waals surface area contributed by atoms with Gasteiger partial charge in [0.05, 0.1) is 29.4 Å². The molecule has 0 spiro atoms. The molecule has 1 aromatic carbocycles. The third-order valence-electron chi connectivity index (χ3n) is 5.62. The molecule has 2 aromatic heterocycles. The molecule has 4 rings (SSSR count). The first-order chi connectivity index (χ1) is 15.9. The van der Waals surface area contributed by atoms with Gasteiger partial charge in [0.1, 0.15) is 5.82 Å². The van der Waals surface area contributed by atoms with Gasteiger partial charge < -0.3 is 26.8 Å². The van der Waals surface area contributed by atoms with Crippen molar-refractivity contribution in [1.29, 1.82) is 0 Å². The molecule has 3 aromatic rings. The van der Waals surface area contributed by atoms with Gasteiger partial charge in [-0.15, -0.1) is 0 Å². The van der Waals surface area contributed by atoms with Crippen LogP contribution < -0.4 is 26.8 Å². The lowest BCUT2D eigenvalue weighted by Crippen LogP contribution is -2.43. The van der Waals surface area contributed by atoms with E-state index in [1.165, 1.54) is 0 Å². The third-order valence-corrected chi connectivity index (χ3v) is 5.62. The molecule has 1 fully saturated rings. The van der Waals surface area contributed by atoms with Crippen LogP contribution in [0.1, 0.15) is 49.4 Å². The Hall–Kier alpha value is -3.53. The van der Waals surface area contributed by atoms with E-state index in [4.69, 9.17) is 16.2 Å². The number of aromatic nitrogens is 3. The SMILES string of the molecule is CCCOc1cnc2cc(Nc3nc(NC4CCCCC4N)c(F)cc3C(N)=O)ccc2n1. The zero-order valence-electron chi connectivity index (χ0n) is 18.5. The molecule has 1 amide bonds. The molecular formula is C23H28FN7O2. The zero-order chi connectivity index (χ0) is 23.4. The summed E-state index contributed by atoms with van der Waals surface area (Å²) in [5, 5.41) is 6.17. The number of ether oxygens (including phenoxy) is 1. The number of carbonyl (C=O) groups excluding carboxylic acids is 1. The van der Waals surface area contributed by atoms with E-state index in [1.807, 2.05) is 6.92 Å². The lowest BCUT2D eigenvalue weighted by molar-refractivity contribution is 0.100. The Morgan fingerprint density at radius 3 is 2.76 bits per heavy atom. The van der Waals surface area contributed by atoms with Gasteiger partial charge in [0, 0.05) is 17.8 Å². The van der Waals surface area contributed by atoms with Gasteiger partial charge >= 0.3 is 0 Å². The summed E-state index contributed by atoms with van der Waals surface area (Å²) in [7, 11) is 0. The topological polar surface area (TPSA) is 141 Å². The summed E-state index contributed by atoms with van der Waals surface area (Å²) in [6.45, 7) is 2.58. The molecule has 2 atom stereocenters. The highest BCUT2D eigenvalue weighted by atomic mass is 19.1. The second kappa shape index (κ2) is 9.95. The number of benzene rings is 1. The molecular weight excluding hydrogens is 425 g/mol. The molecule has 33 heavy (non-hydrogen) atoms. The molecule has 1 aliphatic rings. The molecule has 1 aliphatic carbocycles. The van der Waals surface area contributed by atoms with Crippen LogP contribution in [0.5, 0.6) is 5.88 Å². The summed E-state index contributed by atoms with van der Waals surface area (Å²) in [6.07, 6.45) is 6.20. The van der Waals surface area contributed by atoms with Gasteiger partial charge in [-0.1, -0.05) is 19.8 Å². The number of carbonyl (C=O) groups is 1. The van der Waals surface area contributed by atoms with Gasteiger partial charge in [-0.3, -0.25) is 4.79 Å². The maximum absolute atomic E-state index is 14.7. The van der Waals surface area contributed by atoms with Gasteiger partial charge in [0.15, 0.2) is 11.6 Å². The number of rotatable bonds is 8. The molecule has 6 N–H and O–H groups in total. The minimum atomic E-state index is -0.789. The van der Waals surface area contributed by atoms with Crippen LogP contribution in [0.15, 0.2) is 30.5 Å². The van der Waals surface area contributed by atoms with Crippen molar-refractivity contribution >= 4 is 34.3 Å². The maximum Gasteiger partial charge on any atom is 0.252 e. The van der Waals surface area contributed by atoms with Crippen LogP contribution in [-0.4, -0.2) is 39.5 Å². The quantitative estimate of drug-likeness (QED) is 0.406. The van der Waals surface area contributed by atoms with E-state index in [1.54, 1.807) is 24.4 Å². The summed E-state index contributed by atoms with van der Waals surface area (Å²) >= 11 is 0. The van der Waals surface area contributed by atoms with Gasteiger partial charge in [0.25, 0.3) is 5.91 Å². The molecule has 9 nitrogen and oxygen atoms in total. The van der Waals surface area contributed by atoms with E-state index in [0.29, 0.717) is 29.2 Å². The summed E-state index contributed by atoms with van der Waals surface area (Å²) in [6, 6.07) is 6.21. The zero-order valence-corrected chi connectivity index (χ0v) is 18.5. The third kappa shape index (κ3) is 5.28. The predicted molar refractivity (Wildman–Crippen MR) is 125 cm³/mol. The highest BCUT2D eigenvalue weighted by molar-refractivity contribution is 5.98. The largest absolute Gasteiger partial charge is 0.477 e. The van der Waals surface area contributed by atoms with E-state index in [0.717, 1.165) is 38.2 Å². The van der Waals surface area contributed by atoms with Crippen molar-refractivity contribution in [1.82, 2.24) is 15.0 Å². The van der Waals surface area contributed by atoms with E-state index in [-0.39, 0.29) is 29.3 Å². The molecule has 2 heterocycles. The Balaban J connectivity index is 1.61. The Labute approximate surface area is 191 Å². The maximum atomic E-state index is 14.7. The van der Waals surface area contributed by atoms with Gasteiger partial charge in [0.2, 0.25) is 5.88 Å². The Morgan fingerprint density at radius 2 is 2.00 bits per heavy atom. The lowest BCUT2D eigenvalue weighted by atomic mass is 9.91. The second-order valence-corrected chi connectivity index (χ2v) is 8.16. The van der Waals surface area contributed by atoms with Crippen molar-refractivity contribution in [3.8, 4) is 5.88 Å². The van der Waals surface area contributed by atoms with Crippen LogP contribution in [-0.2, 0) is 0 Å². The molecule has 1 saturated carbocycles. The highest BCUT2D eigenvalue weighted by Crippen LogP contribution is 2.28. The van der Waals surface area contributed by atoms with Crippen LogP contribution in [0.2, 0.25) is 0 Å². The second-order valence-electron chi connectivity index (χ2n) is 8.16. The fraction of sp³-hybridized carbons (Fsp3) is 0.391. The van der Waals surface area contributed by atoms with E-state index in [9.17, 15) is 9.18 Å². The molecule has 10 heteroatoms. The number of hydrogen-bond donors (Lipinski definition) is 4. The van der Waals surface area contributed by atoms with Crippen molar-refractivity contribution in [2.24, 2.45) is 11.5 Å². The number of halogens is 1. The Morgan fingerprint density at radius 1 is 1.18 bits per heavy atom. The number of nitrogens with one attached hydrogen (secondary N) is 2. The minimum absolute atomic E-state index is 0.0307. The van der Waals surface area contributed by atoms with Gasteiger partial charge in [-0.05, 0) is 43.5 Å². The molecule has 2 unspecified atom stereocenters. The molecule has 0 radical (unpaired) electrons. The van der Waals surface area contributed by atoms with Crippen molar-refractivity contribution < 1.29 is 13.9 Å². The Bertz CT molecular complexity index is 1160. The number of amides is 1. The summed E-state index contributed by atoms with van der Waals surface area (Å²) in [5.41, 5.74) is 13.5. The first kappa shape index (κ1) is 22.7. The fourth-order valence-corrected chi connectivity index (χ4v) is 3.87. The van der Waals surface area contributed by atoms with Crippen LogP contribution in [0.25, 0.3) is 11.0 Å². The highest BCUT2D eigenvalue weighted by Gasteiger charge is 2.24. The molecule has 0 saturated heterocycles. The lowest BCUT2D eigenvalue weighted by Gasteiger charge is -2.30. The normalized spacial score (nSPS) is 18.2. The number of nitrogens with two attached hydrogens (primary N) is 2. The monoisotopic (exact) mass is 453 g/mol. The van der Waals surface area contributed by atoms with Crippen LogP contribution >= 0.6 is 0 Å². The average Bonchev–Trinajstić information content (AvgIpc) is 2.80. The number of nitrogens with zero attached hydrogens (tertiary/aromatic N) is 3. The minimum Gasteiger partial charge on any atom is -0.477 e. The summed E-state index contributed by atoms with van der Waals surface area (Å²) in [5.74, 6) is -0.814. The van der Waals surface area contributed by atoms with E-state index in [2.05, 4.69) is 25.6 Å². The smallest absolute Gasteiger partial charge is 0.252 e. The van der Waals surface area contributed by atoms with Gasteiger partial charge in [-0.25, -0.2) is 19.3 Å². The standard InChI is InChI=1S/C23H28FN7O2/c1-2-9-33-20-12-27-19-10-13(7-8-18(19)29-20)28-22-14(21(26)32)11-15(24)23(31-22)30-17-6-4-3-5-16(17)25/h7-8,10-12,16-17H,2-6,9,25H2,1H3,(H2,26,32)(H2,28,30,31).